The van der Waals surface area contributed by atoms with Gasteiger partial charge in [0.15, 0.2) is 0 Å². The molecule has 0 saturated carbocycles. The van der Waals surface area contributed by atoms with Crippen LogP contribution in [0.15, 0.2) is 42.5 Å². The van der Waals surface area contributed by atoms with Crippen molar-refractivity contribution < 1.29 is 23.4 Å². The van der Waals surface area contributed by atoms with Crippen molar-refractivity contribution in [2.45, 2.75) is 18.6 Å². The van der Waals surface area contributed by atoms with Crippen LogP contribution < -0.4 is 4.74 Å². The molecule has 0 aromatic heterocycles. The molecule has 1 fully saturated rings. The van der Waals surface area contributed by atoms with E-state index in [1.54, 1.807) is 24.3 Å². The molecule has 126 valence electrons. The van der Waals surface area contributed by atoms with Crippen molar-refractivity contribution in [3.8, 4) is 5.75 Å². The van der Waals surface area contributed by atoms with E-state index in [0.717, 1.165) is 18.2 Å². The lowest BCUT2D eigenvalue weighted by Gasteiger charge is -2.25. The first kappa shape index (κ1) is 16.4. The number of halogens is 2. The van der Waals surface area contributed by atoms with Crippen molar-refractivity contribution in [1.82, 2.24) is 4.90 Å². The van der Waals surface area contributed by atoms with Gasteiger partial charge in [0.05, 0.1) is 24.8 Å². The van der Waals surface area contributed by atoms with Crippen molar-refractivity contribution in [3.05, 3.63) is 65.2 Å². The molecular weight excluding hydrogens is 316 g/mol. The lowest BCUT2D eigenvalue weighted by Crippen LogP contribution is -2.32. The SMILES string of the molecule is COc1ccccc1C(=O)N1C[C@H](O)C[C@@H]1c1cc(F)ccc1F. The summed E-state index contributed by atoms with van der Waals surface area (Å²) < 4.78 is 32.8. The second kappa shape index (κ2) is 6.57. The van der Waals surface area contributed by atoms with Crippen molar-refractivity contribution in [2.75, 3.05) is 13.7 Å². The zero-order valence-corrected chi connectivity index (χ0v) is 13.1. The maximum absolute atomic E-state index is 14.1. The minimum absolute atomic E-state index is 0.0531. The maximum Gasteiger partial charge on any atom is 0.258 e. The number of carbonyl (C=O) groups is 1. The summed E-state index contributed by atoms with van der Waals surface area (Å²) in [5, 5.41) is 9.97. The van der Waals surface area contributed by atoms with E-state index < -0.39 is 29.7 Å². The van der Waals surface area contributed by atoms with E-state index in [-0.39, 0.29) is 18.5 Å². The molecule has 0 aliphatic carbocycles. The van der Waals surface area contributed by atoms with Gasteiger partial charge < -0.3 is 14.7 Å². The number of hydrogen-bond donors (Lipinski definition) is 1. The minimum atomic E-state index is -0.795. The number of rotatable bonds is 3. The molecule has 1 aliphatic heterocycles. The van der Waals surface area contributed by atoms with Crippen LogP contribution in [0.4, 0.5) is 8.78 Å². The molecule has 1 aliphatic rings. The normalized spacial score (nSPS) is 20.2. The van der Waals surface area contributed by atoms with Crippen molar-refractivity contribution in [1.29, 1.82) is 0 Å². The Kier molecular flexibility index (Phi) is 4.49. The summed E-state index contributed by atoms with van der Waals surface area (Å²) in [7, 11) is 1.45. The van der Waals surface area contributed by atoms with Crippen LogP contribution in [0, 0.1) is 11.6 Å². The Labute approximate surface area is 138 Å². The van der Waals surface area contributed by atoms with E-state index in [1.807, 2.05) is 0 Å². The van der Waals surface area contributed by atoms with E-state index in [4.69, 9.17) is 4.74 Å². The summed E-state index contributed by atoms with van der Waals surface area (Å²) in [5.41, 5.74) is 0.380. The molecule has 24 heavy (non-hydrogen) atoms. The molecule has 6 heteroatoms. The summed E-state index contributed by atoms with van der Waals surface area (Å²) >= 11 is 0. The molecule has 2 atom stereocenters. The second-order valence-electron chi connectivity index (χ2n) is 5.73. The van der Waals surface area contributed by atoms with Gasteiger partial charge in [-0.1, -0.05) is 12.1 Å². The molecule has 2 aromatic rings. The van der Waals surface area contributed by atoms with Crippen molar-refractivity contribution in [2.24, 2.45) is 0 Å². The zero-order chi connectivity index (χ0) is 17.3. The van der Waals surface area contributed by atoms with Crippen LogP contribution in [0.25, 0.3) is 0 Å². The van der Waals surface area contributed by atoms with Gasteiger partial charge in [-0.25, -0.2) is 8.78 Å². The van der Waals surface area contributed by atoms with Gasteiger partial charge in [-0.15, -0.1) is 0 Å². The summed E-state index contributed by atoms with van der Waals surface area (Å²) in [5.74, 6) is -1.19. The first-order valence-electron chi connectivity index (χ1n) is 7.58. The molecular formula is C18H17F2NO3. The number of carbonyl (C=O) groups excluding carboxylic acids is 1. The van der Waals surface area contributed by atoms with Crippen LogP contribution in [-0.4, -0.2) is 35.7 Å². The zero-order valence-electron chi connectivity index (χ0n) is 13.1. The molecule has 1 amide bonds. The number of β-amino-alcohol motifs (C(OH)–C–C–N with tert-alkyl or cyclic N) is 1. The summed E-state index contributed by atoms with van der Waals surface area (Å²) in [6, 6.07) is 9.08. The summed E-state index contributed by atoms with van der Waals surface area (Å²) in [6.45, 7) is 0.0531. The molecule has 2 aromatic carbocycles. The smallest absolute Gasteiger partial charge is 0.258 e. The fourth-order valence-electron chi connectivity index (χ4n) is 3.08. The predicted octanol–water partition coefficient (Wildman–Crippen LogP) is 2.92. The van der Waals surface area contributed by atoms with Crippen LogP contribution in [0.2, 0.25) is 0 Å². The number of amides is 1. The van der Waals surface area contributed by atoms with Gasteiger partial charge in [0, 0.05) is 12.1 Å². The maximum atomic E-state index is 14.1. The van der Waals surface area contributed by atoms with Gasteiger partial charge in [0.2, 0.25) is 0 Å². The third-order valence-electron chi connectivity index (χ3n) is 4.19. The first-order chi connectivity index (χ1) is 11.5. The Morgan fingerprint density at radius 2 is 2.00 bits per heavy atom. The van der Waals surface area contributed by atoms with Gasteiger partial charge in [0.25, 0.3) is 5.91 Å². The van der Waals surface area contributed by atoms with Crippen molar-refractivity contribution >= 4 is 5.91 Å². The standard InChI is InChI=1S/C18H17F2NO3/c1-24-17-5-3-2-4-13(17)18(23)21-10-12(22)9-16(21)14-8-11(19)6-7-15(14)20/h2-8,12,16,22H,9-10H2,1H3/t12-,16-/m1/s1. The van der Waals surface area contributed by atoms with Crippen LogP contribution in [0.5, 0.6) is 5.75 Å². The number of methoxy groups -OCH3 is 1. The van der Waals surface area contributed by atoms with Crippen LogP contribution >= 0.6 is 0 Å². The lowest BCUT2D eigenvalue weighted by molar-refractivity contribution is 0.0710. The Balaban J connectivity index is 1.99. The van der Waals surface area contributed by atoms with E-state index in [2.05, 4.69) is 0 Å². The number of aliphatic hydroxyl groups excluding tert-OH is 1. The van der Waals surface area contributed by atoms with Crippen molar-refractivity contribution in [3.63, 3.8) is 0 Å². The van der Waals surface area contributed by atoms with Crippen LogP contribution in [-0.2, 0) is 0 Å². The average molecular weight is 333 g/mol. The number of likely N-dealkylation sites (tertiary alicyclic amines) is 1. The highest BCUT2D eigenvalue weighted by Gasteiger charge is 2.38. The van der Waals surface area contributed by atoms with Crippen LogP contribution in [0.1, 0.15) is 28.4 Å². The summed E-state index contributed by atoms with van der Waals surface area (Å²) in [6.07, 6.45) is -0.641. The second-order valence-corrected chi connectivity index (χ2v) is 5.73. The molecule has 0 spiro atoms. The number of nitrogens with zero attached hydrogens (tertiary/aromatic N) is 1. The quantitative estimate of drug-likeness (QED) is 0.940. The molecule has 0 unspecified atom stereocenters. The molecule has 3 rings (SSSR count). The Bertz CT molecular complexity index is 766. The van der Waals surface area contributed by atoms with Gasteiger partial charge in [-0.2, -0.15) is 0 Å². The average Bonchev–Trinajstić information content (AvgIpc) is 2.98. The highest BCUT2D eigenvalue weighted by atomic mass is 19.1. The van der Waals surface area contributed by atoms with Gasteiger partial charge in [-0.05, 0) is 36.8 Å². The molecule has 1 N–H and O–H groups in total. The minimum Gasteiger partial charge on any atom is -0.496 e. The predicted molar refractivity (Wildman–Crippen MR) is 83.8 cm³/mol. The number of benzene rings is 2. The molecule has 1 saturated heterocycles. The lowest BCUT2D eigenvalue weighted by atomic mass is 10.0. The highest BCUT2D eigenvalue weighted by Crippen LogP contribution is 2.36. The van der Waals surface area contributed by atoms with E-state index in [9.17, 15) is 18.7 Å². The Morgan fingerprint density at radius 1 is 1.25 bits per heavy atom. The molecule has 0 radical (unpaired) electrons. The fraction of sp³-hybridized carbons (Fsp3) is 0.278. The summed E-state index contributed by atoms with van der Waals surface area (Å²) in [4.78, 5) is 14.2. The number of aliphatic hydroxyl groups is 1. The fourth-order valence-corrected chi connectivity index (χ4v) is 3.08. The first-order valence-corrected chi connectivity index (χ1v) is 7.58. The molecule has 4 nitrogen and oxygen atoms in total. The van der Waals surface area contributed by atoms with Gasteiger partial charge in [-0.3, -0.25) is 4.79 Å². The third kappa shape index (κ3) is 2.97. The largest absolute Gasteiger partial charge is 0.496 e. The van der Waals surface area contributed by atoms with Gasteiger partial charge in [0.1, 0.15) is 17.4 Å². The van der Waals surface area contributed by atoms with E-state index in [1.165, 1.54) is 12.0 Å². The number of para-hydroxylation sites is 1. The number of ether oxygens (including phenoxy) is 1. The molecule has 1 heterocycles. The highest BCUT2D eigenvalue weighted by molar-refractivity contribution is 5.97. The Morgan fingerprint density at radius 3 is 2.75 bits per heavy atom. The Hall–Kier alpha value is -2.47. The third-order valence-corrected chi connectivity index (χ3v) is 4.19. The molecule has 0 bridgehead atoms. The van der Waals surface area contributed by atoms with E-state index >= 15 is 0 Å². The topological polar surface area (TPSA) is 49.8 Å². The van der Waals surface area contributed by atoms with Gasteiger partial charge >= 0.3 is 0 Å². The van der Waals surface area contributed by atoms with Crippen LogP contribution in [0.3, 0.4) is 0 Å². The van der Waals surface area contributed by atoms with E-state index in [0.29, 0.717) is 11.3 Å². The number of hydrogen-bond acceptors (Lipinski definition) is 3. The monoisotopic (exact) mass is 333 g/mol.